The van der Waals surface area contributed by atoms with E-state index in [4.69, 9.17) is 5.84 Å². The molecule has 1 aliphatic carbocycles. The maximum atomic E-state index is 9.30. The van der Waals surface area contributed by atoms with Gasteiger partial charge in [0, 0.05) is 0 Å². The van der Waals surface area contributed by atoms with Crippen LogP contribution in [0.4, 0.5) is 11.8 Å². The molecule has 0 bridgehead atoms. The number of nitrogens with zero attached hydrogens (tertiary/aromatic N) is 3. The molecule has 0 unspecified atom stereocenters. The summed E-state index contributed by atoms with van der Waals surface area (Å²) in [6, 6.07) is 0. The van der Waals surface area contributed by atoms with E-state index in [1.165, 1.54) is 0 Å². The molecule has 0 spiro atoms. The van der Waals surface area contributed by atoms with E-state index in [-0.39, 0.29) is 12.1 Å². The molecule has 1 fully saturated rings. The summed E-state index contributed by atoms with van der Waals surface area (Å²) in [5.74, 6) is 6.24. The Morgan fingerprint density at radius 2 is 2.29 bits per heavy atom. The number of aliphatic hydroxyl groups excluding tert-OH is 1. The van der Waals surface area contributed by atoms with Gasteiger partial charge in [-0.2, -0.15) is 15.1 Å². The van der Waals surface area contributed by atoms with Crippen molar-refractivity contribution in [3.63, 3.8) is 0 Å². The number of nitrogens with one attached hydrogen (secondary N) is 3. The second-order valence-corrected chi connectivity index (χ2v) is 4.24. The van der Waals surface area contributed by atoms with Crippen LogP contribution in [-0.2, 0) is 0 Å². The second-order valence-electron chi connectivity index (χ2n) is 4.24. The molecule has 6 N–H and O–H groups in total. The Kier molecular flexibility index (Phi) is 2.13. The number of anilines is 2. The first-order chi connectivity index (χ1) is 8.26. The second kappa shape index (κ2) is 3.54. The van der Waals surface area contributed by atoms with Crippen LogP contribution in [0.5, 0.6) is 0 Å². The van der Waals surface area contributed by atoms with E-state index in [1.54, 1.807) is 6.20 Å². The van der Waals surface area contributed by atoms with E-state index >= 15 is 0 Å². The van der Waals surface area contributed by atoms with Gasteiger partial charge in [0.1, 0.15) is 5.82 Å². The van der Waals surface area contributed by atoms with Crippen LogP contribution in [0.2, 0.25) is 0 Å². The molecule has 8 heteroatoms. The summed E-state index contributed by atoms with van der Waals surface area (Å²) in [5, 5.41) is 20.0. The van der Waals surface area contributed by atoms with Crippen molar-refractivity contribution in [1.82, 2.24) is 20.2 Å². The first kappa shape index (κ1) is 10.2. The molecule has 2 aromatic rings. The van der Waals surface area contributed by atoms with E-state index in [1.807, 2.05) is 0 Å². The number of hydrogen-bond acceptors (Lipinski definition) is 7. The molecule has 1 aliphatic rings. The van der Waals surface area contributed by atoms with Gasteiger partial charge in [0.05, 0.1) is 23.7 Å². The van der Waals surface area contributed by atoms with Crippen molar-refractivity contribution in [1.29, 1.82) is 0 Å². The fourth-order valence-corrected chi connectivity index (χ4v) is 1.72. The average molecular weight is 235 g/mol. The van der Waals surface area contributed by atoms with Crippen LogP contribution in [0, 0.1) is 0 Å². The smallest absolute Gasteiger partial charge is 0.241 e. The highest BCUT2D eigenvalue weighted by atomic mass is 16.3. The lowest BCUT2D eigenvalue weighted by atomic mass is 10.3. The zero-order valence-corrected chi connectivity index (χ0v) is 9.06. The Morgan fingerprint density at radius 3 is 2.94 bits per heavy atom. The molecular weight excluding hydrogens is 222 g/mol. The molecule has 17 heavy (non-hydrogen) atoms. The highest BCUT2D eigenvalue weighted by Crippen LogP contribution is 2.39. The van der Waals surface area contributed by atoms with Gasteiger partial charge in [-0.05, 0) is 12.8 Å². The van der Waals surface area contributed by atoms with Crippen molar-refractivity contribution in [2.75, 3.05) is 17.3 Å². The highest BCUT2D eigenvalue weighted by molar-refractivity contribution is 5.87. The zero-order chi connectivity index (χ0) is 11.9. The summed E-state index contributed by atoms with van der Waals surface area (Å²) in [5.41, 5.74) is 2.76. The first-order valence-electron chi connectivity index (χ1n) is 5.33. The van der Waals surface area contributed by atoms with Crippen molar-refractivity contribution >= 4 is 22.8 Å². The number of hydrazine groups is 1. The van der Waals surface area contributed by atoms with Crippen LogP contribution >= 0.6 is 0 Å². The molecule has 2 heterocycles. The van der Waals surface area contributed by atoms with Crippen LogP contribution in [0.25, 0.3) is 11.0 Å². The van der Waals surface area contributed by atoms with E-state index in [0.29, 0.717) is 17.4 Å². The molecule has 0 radical (unpaired) electrons. The van der Waals surface area contributed by atoms with Crippen LogP contribution in [0.1, 0.15) is 12.8 Å². The molecule has 0 amide bonds. The first-order valence-corrected chi connectivity index (χ1v) is 5.33. The van der Waals surface area contributed by atoms with Crippen molar-refractivity contribution in [3.05, 3.63) is 6.20 Å². The average Bonchev–Trinajstić information content (AvgIpc) is 2.96. The molecule has 90 valence electrons. The van der Waals surface area contributed by atoms with Crippen LogP contribution in [0.3, 0.4) is 0 Å². The van der Waals surface area contributed by atoms with Gasteiger partial charge in [0.25, 0.3) is 0 Å². The SMILES string of the molecule is NNc1nc(NC2(CO)CC2)c2cn[nH]c2n1. The van der Waals surface area contributed by atoms with E-state index < -0.39 is 0 Å². The Hall–Kier alpha value is -1.93. The quantitative estimate of drug-likeness (QED) is 0.360. The fraction of sp³-hybridized carbons (Fsp3) is 0.444. The molecule has 2 aromatic heterocycles. The van der Waals surface area contributed by atoms with Gasteiger partial charge in [-0.1, -0.05) is 0 Å². The summed E-state index contributed by atoms with van der Waals surface area (Å²) in [7, 11) is 0. The lowest BCUT2D eigenvalue weighted by Gasteiger charge is -2.15. The van der Waals surface area contributed by atoms with E-state index in [0.717, 1.165) is 18.2 Å². The number of rotatable bonds is 4. The highest BCUT2D eigenvalue weighted by Gasteiger charge is 2.42. The summed E-state index contributed by atoms with van der Waals surface area (Å²) in [6.45, 7) is 0.0851. The lowest BCUT2D eigenvalue weighted by Crippen LogP contribution is -2.26. The zero-order valence-electron chi connectivity index (χ0n) is 9.06. The number of fused-ring (bicyclic) bond motifs is 1. The monoisotopic (exact) mass is 235 g/mol. The molecule has 3 rings (SSSR count). The summed E-state index contributed by atoms with van der Waals surface area (Å²) in [6.07, 6.45) is 3.50. The van der Waals surface area contributed by atoms with Crippen molar-refractivity contribution in [2.24, 2.45) is 5.84 Å². The molecule has 0 atom stereocenters. The number of nitrogen functional groups attached to an aromatic ring is 1. The standard InChI is InChI=1S/C9H13N7O/c10-15-8-12-6(14-9(4-17)1-2-9)5-3-11-16-7(5)13-8/h3,17H,1-2,4,10H2,(H3,11,12,13,14,15,16). The Bertz CT molecular complexity index is 547. The lowest BCUT2D eigenvalue weighted by molar-refractivity contribution is 0.266. The normalized spacial score (nSPS) is 17.1. The summed E-state index contributed by atoms with van der Waals surface area (Å²) >= 11 is 0. The predicted molar refractivity (Wildman–Crippen MR) is 62.2 cm³/mol. The van der Waals surface area contributed by atoms with Crippen LogP contribution < -0.4 is 16.6 Å². The third-order valence-corrected chi connectivity index (χ3v) is 2.98. The van der Waals surface area contributed by atoms with Crippen molar-refractivity contribution in [3.8, 4) is 0 Å². The predicted octanol–water partition coefficient (Wildman–Crippen LogP) is -0.425. The van der Waals surface area contributed by atoms with Crippen LogP contribution in [0.15, 0.2) is 6.20 Å². The van der Waals surface area contributed by atoms with Gasteiger partial charge in [0.15, 0.2) is 5.65 Å². The largest absolute Gasteiger partial charge is 0.394 e. The molecular formula is C9H13N7O. The van der Waals surface area contributed by atoms with E-state index in [2.05, 4.69) is 30.9 Å². The minimum atomic E-state index is -0.246. The van der Waals surface area contributed by atoms with Gasteiger partial charge in [-0.15, -0.1) is 0 Å². The Balaban J connectivity index is 2.04. The minimum Gasteiger partial charge on any atom is -0.394 e. The topological polar surface area (TPSA) is 125 Å². The van der Waals surface area contributed by atoms with Gasteiger partial charge >= 0.3 is 0 Å². The van der Waals surface area contributed by atoms with Crippen molar-refractivity contribution in [2.45, 2.75) is 18.4 Å². The number of aliphatic hydroxyl groups is 1. The maximum Gasteiger partial charge on any atom is 0.241 e. The molecule has 8 nitrogen and oxygen atoms in total. The van der Waals surface area contributed by atoms with E-state index in [9.17, 15) is 5.11 Å². The summed E-state index contributed by atoms with van der Waals surface area (Å²) in [4.78, 5) is 8.36. The van der Waals surface area contributed by atoms with Gasteiger partial charge in [0.2, 0.25) is 5.95 Å². The van der Waals surface area contributed by atoms with Gasteiger partial charge < -0.3 is 10.4 Å². The third-order valence-electron chi connectivity index (χ3n) is 2.98. The maximum absolute atomic E-state index is 9.30. The molecule has 0 saturated heterocycles. The number of H-pyrrole nitrogens is 1. The Morgan fingerprint density at radius 1 is 1.47 bits per heavy atom. The van der Waals surface area contributed by atoms with Crippen molar-refractivity contribution < 1.29 is 5.11 Å². The number of aromatic amines is 1. The fourth-order valence-electron chi connectivity index (χ4n) is 1.72. The minimum absolute atomic E-state index is 0.0851. The summed E-state index contributed by atoms with van der Waals surface area (Å²) < 4.78 is 0. The molecule has 0 aliphatic heterocycles. The van der Waals surface area contributed by atoms with Gasteiger partial charge in [-0.25, -0.2) is 5.84 Å². The number of aromatic nitrogens is 4. The van der Waals surface area contributed by atoms with Crippen LogP contribution in [-0.4, -0.2) is 37.4 Å². The number of hydrogen-bond donors (Lipinski definition) is 5. The third kappa shape index (κ3) is 1.67. The molecule has 0 aromatic carbocycles. The Labute approximate surface area is 96.6 Å². The number of nitrogens with two attached hydrogens (primary N) is 1. The molecule has 1 saturated carbocycles. The van der Waals surface area contributed by atoms with Gasteiger partial charge in [-0.3, -0.25) is 10.5 Å².